The standard InChI is InChI=1S/C40H40N2O5/c43-39(35-13-11-33-23-29-7-1-3-9-31(29)25-37(33)27-35)41-15-5-17-45-19-21-47-22-20-46-18-6-16-42-40(44)36-14-12-34-24-30-8-2-4-10-32(30)26-38(34)28-36/h1-4,7-14,23-28H,5-6,15-22H2,(H,41,43)(H,42,44). The van der Waals surface area contributed by atoms with Gasteiger partial charge in [-0.15, -0.1) is 0 Å². The lowest BCUT2D eigenvalue weighted by Gasteiger charge is -2.09. The monoisotopic (exact) mass is 628 g/mol. The molecule has 47 heavy (non-hydrogen) atoms. The maximum Gasteiger partial charge on any atom is 0.251 e. The van der Waals surface area contributed by atoms with Gasteiger partial charge in [0.15, 0.2) is 0 Å². The zero-order chi connectivity index (χ0) is 32.3. The van der Waals surface area contributed by atoms with Crippen molar-refractivity contribution in [3.05, 3.63) is 120 Å². The fourth-order valence-corrected chi connectivity index (χ4v) is 5.66. The molecular weight excluding hydrogens is 588 g/mol. The number of amides is 2. The van der Waals surface area contributed by atoms with Crippen molar-refractivity contribution in [3.8, 4) is 0 Å². The van der Waals surface area contributed by atoms with Gasteiger partial charge in [0.1, 0.15) is 0 Å². The highest BCUT2D eigenvalue weighted by Crippen LogP contribution is 2.25. The van der Waals surface area contributed by atoms with Crippen LogP contribution in [0.1, 0.15) is 33.6 Å². The third-order valence-electron chi connectivity index (χ3n) is 8.18. The molecule has 7 heteroatoms. The van der Waals surface area contributed by atoms with E-state index in [1.54, 1.807) is 0 Å². The van der Waals surface area contributed by atoms with E-state index in [2.05, 4.69) is 59.2 Å². The third-order valence-corrected chi connectivity index (χ3v) is 8.18. The van der Waals surface area contributed by atoms with Crippen LogP contribution in [0.3, 0.4) is 0 Å². The molecule has 0 saturated heterocycles. The fourth-order valence-electron chi connectivity index (χ4n) is 5.66. The molecule has 2 N–H and O–H groups in total. The minimum Gasteiger partial charge on any atom is -0.379 e. The molecule has 0 spiro atoms. The van der Waals surface area contributed by atoms with Gasteiger partial charge in [0.05, 0.1) is 26.4 Å². The van der Waals surface area contributed by atoms with Crippen molar-refractivity contribution in [2.75, 3.05) is 52.7 Å². The lowest BCUT2D eigenvalue weighted by molar-refractivity contribution is 0.0139. The van der Waals surface area contributed by atoms with Crippen molar-refractivity contribution in [1.29, 1.82) is 0 Å². The zero-order valence-electron chi connectivity index (χ0n) is 26.5. The highest BCUT2D eigenvalue weighted by Gasteiger charge is 2.08. The van der Waals surface area contributed by atoms with Crippen LogP contribution in [0.15, 0.2) is 109 Å². The van der Waals surface area contributed by atoms with Crippen LogP contribution in [0, 0.1) is 0 Å². The largest absolute Gasteiger partial charge is 0.379 e. The quantitative estimate of drug-likeness (QED) is 0.0869. The number of ether oxygens (including phenoxy) is 3. The van der Waals surface area contributed by atoms with Crippen molar-refractivity contribution < 1.29 is 23.8 Å². The molecule has 0 aromatic heterocycles. The molecule has 2 amide bonds. The van der Waals surface area contributed by atoms with Gasteiger partial charge in [-0.05, 0) is 104 Å². The van der Waals surface area contributed by atoms with Crippen molar-refractivity contribution in [2.24, 2.45) is 0 Å². The SMILES string of the molecule is O=C(NCCCOCCOCCOCCCNC(=O)c1ccc2cc3ccccc3cc2c1)c1ccc2cc3ccccc3cc2c1. The van der Waals surface area contributed by atoms with Gasteiger partial charge in [0.2, 0.25) is 0 Å². The minimum atomic E-state index is -0.0791. The van der Waals surface area contributed by atoms with Crippen LogP contribution in [0.4, 0.5) is 0 Å². The summed E-state index contributed by atoms with van der Waals surface area (Å²) in [4.78, 5) is 25.3. The summed E-state index contributed by atoms with van der Waals surface area (Å²) in [6, 6.07) is 36.7. The molecule has 0 saturated carbocycles. The molecule has 6 aromatic carbocycles. The highest BCUT2D eigenvalue weighted by molar-refractivity contribution is 6.04. The average molecular weight is 629 g/mol. The van der Waals surface area contributed by atoms with Crippen LogP contribution in [-0.2, 0) is 14.2 Å². The Morgan fingerprint density at radius 2 is 0.745 bits per heavy atom. The van der Waals surface area contributed by atoms with Crippen molar-refractivity contribution >= 4 is 54.9 Å². The van der Waals surface area contributed by atoms with Crippen LogP contribution in [-0.4, -0.2) is 64.5 Å². The van der Waals surface area contributed by atoms with E-state index in [1.807, 2.05) is 60.7 Å². The van der Waals surface area contributed by atoms with Gasteiger partial charge in [0, 0.05) is 37.4 Å². The van der Waals surface area contributed by atoms with Crippen LogP contribution < -0.4 is 10.6 Å². The summed E-state index contributed by atoms with van der Waals surface area (Å²) in [6.07, 6.45) is 1.45. The fraction of sp³-hybridized carbons (Fsp3) is 0.250. The molecule has 0 unspecified atom stereocenters. The number of rotatable bonds is 16. The van der Waals surface area contributed by atoms with E-state index in [1.165, 1.54) is 10.8 Å². The van der Waals surface area contributed by atoms with E-state index in [4.69, 9.17) is 14.2 Å². The van der Waals surface area contributed by atoms with Gasteiger partial charge in [-0.3, -0.25) is 9.59 Å². The lowest BCUT2D eigenvalue weighted by Crippen LogP contribution is -2.25. The Morgan fingerprint density at radius 1 is 0.404 bits per heavy atom. The highest BCUT2D eigenvalue weighted by atomic mass is 16.5. The molecule has 6 aromatic rings. The first-order valence-electron chi connectivity index (χ1n) is 16.3. The summed E-state index contributed by atoms with van der Waals surface area (Å²) in [6.45, 7) is 4.13. The van der Waals surface area contributed by atoms with Crippen LogP contribution >= 0.6 is 0 Å². The summed E-state index contributed by atoms with van der Waals surface area (Å²) in [5, 5.41) is 15.0. The van der Waals surface area contributed by atoms with Crippen molar-refractivity contribution in [1.82, 2.24) is 10.6 Å². The molecule has 0 atom stereocenters. The lowest BCUT2D eigenvalue weighted by atomic mass is 10.0. The number of benzene rings is 6. The zero-order valence-corrected chi connectivity index (χ0v) is 26.5. The Hall–Kier alpha value is -4.82. The first-order valence-corrected chi connectivity index (χ1v) is 16.3. The number of hydrogen-bond acceptors (Lipinski definition) is 5. The Labute approximate surface area is 274 Å². The summed E-state index contributed by atoms with van der Waals surface area (Å²) in [5.41, 5.74) is 1.31. The number of hydrogen-bond donors (Lipinski definition) is 2. The molecule has 0 aliphatic heterocycles. The maximum atomic E-state index is 12.6. The second-order valence-corrected chi connectivity index (χ2v) is 11.6. The molecule has 0 bridgehead atoms. The van der Waals surface area contributed by atoms with Crippen LogP contribution in [0.5, 0.6) is 0 Å². The topological polar surface area (TPSA) is 85.9 Å². The Bertz CT molecular complexity index is 1850. The predicted molar refractivity (Wildman–Crippen MR) is 189 cm³/mol. The van der Waals surface area contributed by atoms with Crippen molar-refractivity contribution in [3.63, 3.8) is 0 Å². The maximum absolute atomic E-state index is 12.6. The van der Waals surface area contributed by atoms with Gasteiger partial charge < -0.3 is 24.8 Å². The smallest absolute Gasteiger partial charge is 0.251 e. The molecule has 0 aliphatic carbocycles. The minimum absolute atomic E-state index is 0.0791. The van der Waals surface area contributed by atoms with Crippen molar-refractivity contribution in [2.45, 2.75) is 12.8 Å². The second kappa shape index (κ2) is 16.1. The molecular formula is C40H40N2O5. The van der Waals surface area contributed by atoms with Crippen LogP contribution in [0.25, 0.3) is 43.1 Å². The van der Waals surface area contributed by atoms with E-state index in [-0.39, 0.29) is 11.8 Å². The number of carbonyl (C=O) groups excluding carboxylic acids is 2. The average Bonchev–Trinajstić information content (AvgIpc) is 3.10. The first-order chi connectivity index (χ1) is 23.1. The number of nitrogens with one attached hydrogen (secondary N) is 2. The van der Waals surface area contributed by atoms with E-state index >= 15 is 0 Å². The van der Waals surface area contributed by atoms with Gasteiger partial charge in [-0.2, -0.15) is 0 Å². The first kappa shape index (κ1) is 32.1. The summed E-state index contributed by atoms with van der Waals surface area (Å²) < 4.78 is 16.8. The Balaban J connectivity index is 0.767. The van der Waals surface area contributed by atoms with E-state index in [9.17, 15) is 9.59 Å². The summed E-state index contributed by atoms with van der Waals surface area (Å²) in [5.74, 6) is -0.158. The number of fused-ring (bicyclic) bond motifs is 4. The van der Waals surface area contributed by atoms with E-state index in [0.717, 1.165) is 45.2 Å². The van der Waals surface area contributed by atoms with Gasteiger partial charge >= 0.3 is 0 Å². The second-order valence-electron chi connectivity index (χ2n) is 11.6. The Kier molecular flexibility index (Phi) is 11.0. The molecule has 7 nitrogen and oxygen atoms in total. The molecule has 0 aliphatic rings. The molecule has 6 rings (SSSR count). The molecule has 0 fully saturated rings. The van der Waals surface area contributed by atoms with Gasteiger partial charge in [0.25, 0.3) is 11.8 Å². The predicted octanol–water partition coefficient (Wildman–Crippen LogP) is 7.29. The summed E-state index contributed by atoms with van der Waals surface area (Å²) in [7, 11) is 0. The van der Waals surface area contributed by atoms with Gasteiger partial charge in [-0.25, -0.2) is 0 Å². The molecule has 240 valence electrons. The number of carbonyl (C=O) groups is 2. The third kappa shape index (κ3) is 8.71. The molecule has 0 radical (unpaired) electrons. The van der Waals surface area contributed by atoms with Gasteiger partial charge in [-0.1, -0.05) is 60.7 Å². The van der Waals surface area contributed by atoms with E-state index < -0.39 is 0 Å². The van der Waals surface area contributed by atoms with E-state index in [0.29, 0.717) is 63.9 Å². The van der Waals surface area contributed by atoms with Crippen LogP contribution in [0.2, 0.25) is 0 Å². The normalized spacial score (nSPS) is 11.4. The Morgan fingerprint density at radius 3 is 1.15 bits per heavy atom. The molecule has 0 heterocycles. The summed E-state index contributed by atoms with van der Waals surface area (Å²) >= 11 is 0.